The standard InChI is InChI=1S/C15H19N3O2.Li/c1-11-3-2-5-17(8-11)9-12-7-13(15(19)20)14-16-4-6-18(14)10-12;/h4,6-7,10-11H,2-3,5,8-9H2,1H3,(H,19,20);/q;+1/p-1. The van der Waals surface area contributed by atoms with Crippen molar-refractivity contribution in [3.63, 3.8) is 0 Å². The molecule has 1 aliphatic heterocycles. The topological polar surface area (TPSA) is 60.7 Å². The molecule has 0 spiro atoms. The molecule has 0 aromatic carbocycles. The van der Waals surface area contributed by atoms with Crippen molar-refractivity contribution < 1.29 is 28.8 Å². The minimum atomic E-state index is -1.17. The van der Waals surface area contributed by atoms with Crippen molar-refractivity contribution in [2.24, 2.45) is 5.92 Å². The third-order valence-electron chi connectivity index (χ3n) is 3.91. The SMILES string of the molecule is CC1CCCN(Cc2cc(C(=O)[O-])c3nccn3c2)C1.[Li+]. The van der Waals surface area contributed by atoms with E-state index in [1.54, 1.807) is 22.9 Å². The number of carbonyl (C=O) groups is 1. The third kappa shape index (κ3) is 3.49. The van der Waals surface area contributed by atoms with Crippen molar-refractivity contribution in [1.29, 1.82) is 0 Å². The van der Waals surface area contributed by atoms with Gasteiger partial charge in [-0.05, 0) is 36.9 Å². The molecule has 5 nitrogen and oxygen atoms in total. The van der Waals surface area contributed by atoms with Gasteiger partial charge in [0.15, 0.2) is 0 Å². The molecule has 0 saturated carbocycles. The normalized spacial score (nSPS) is 19.4. The summed E-state index contributed by atoms with van der Waals surface area (Å²) >= 11 is 0. The van der Waals surface area contributed by atoms with E-state index in [0.717, 1.165) is 25.2 Å². The number of piperidine rings is 1. The van der Waals surface area contributed by atoms with Crippen LogP contribution in [0.5, 0.6) is 0 Å². The fourth-order valence-corrected chi connectivity index (χ4v) is 3.02. The number of aromatic nitrogens is 2. The van der Waals surface area contributed by atoms with E-state index in [-0.39, 0.29) is 24.4 Å². The van der Waals surface area contributed by atoms with Gasteiger partial charge in [-0.1, -0.05) is 6.92 Å². The summed E-state index contributed by atoms with van der Waals surface area (Å²) < 4.78 is 1.76. The number of carboxylic acid groups (broad SMARTS) is 1. The molecule has 1 fully saturated rings. The van der Waals surface area contributed by atoms with E-state index >= 15 is 0 Å². The van der Waals surface area contributed by atoms with Crippen LogP contribution in [-0.4, -0.2) is 33.3 Å². The molecule has 1 unspecified atom stereocenters. The van der Waals surface area contributed by atoms with Gasteiger partial charge in [0.2, 0.25) is 0 Å². The summed E-state index contributed by atoms with van der Waals surface area (Å²) in [4.78, 5) is 17.7. The number of hydrogen-bond donors (Lipinski definition) is 0. The number of pyridine rings is 1. The molecule has 0 bridgehead atoms. The third-order valence-corrected chi connectivity index (χ3v) is 3.91. The quantitative estimate of drug-likeness (QED) is 0.606. The van der Waals surface area contributed by atoms with Crippen LogP contribution < -0.4 is 24.0 Å². The van der Waals surface area contributed by atoms with Crippen LogP contribution in [-0.2, 0) is 6.54 Å². The molecule has 6 heteroatoms. The van der Waals surface area contributed by atoms with Gasteiger partial charge >= 0.3 is 18.9 Å². The van der Waals surface area contributed by atoms with Crippen molar-refractivity contribution >= 4 is 11.6 Å². The summed E-state index contributed by atoms with van der Waals surface area (Å²) in [6.07, 6.45) is 7.82. The van der Waals surface area contributed by atoms with Gasteiger partial charge in [-0.25, -0.2) is 4.98 Å². The van der Waals surface area contributed by atoms with Crippen molar-refractivity contribution in [1.82, 2.24) is 14.3 Å². The summed E-state index contributed by atoms with van der Waals surface area (Å²) in [6, 6.07) is 1.69. The first-order valence-electron chi connectivity index (χ1n) is 7.03. The molecule has 1 saturated heterocycles. The zero-order valence-electron chi connectivity index (χ0n) is 12.6. The van der Waals surface area contributed by atoms with E-state index in [0.29, 0.717) is 11.6 Å². The molecule has 21 heavy (non-hydrogen) atoms. The minimum absolute atomic E-state index is 0. The van der Waals surface area contributed by atoms with Crippen molar-refractivity contribution in [3.05, 3.63) is 35.8 Å². The first-order valence-corrected chi connectivity index (χ1v) is 7.03. The number of carboxylic acids is 1. The summed E-state index contributed by atoms with van der Waals surface area (Å²) in [5.74, 6) is -0.462. The number of nitrogens with zero attached hydrogens (tertiary/aromatic N) is 3. The van der Waals surface area contributed by atoms with Gasteiger partial charge in [0, 0.05) is 37.2 Å². The summed E-state index contributed by atoms with van der Waals surface area (Å²) in [6.45, 7) is 5.19. The largest absolute Gasteiger partial charge is 1.00 e. The molecule has 3 heterocycles. The number of aromatic carboxylic acids is 1. The second-order valence-corrected chi connectivity index (χ2v) is 5.69. The van der Waals surface area contributed by atoms with E-state index in [1.165, 1.54) is 12.8 Å². The Morgan fingerprint density at radius 3 is 3.05 bits per heavy atom. The molecule has 0 radical (unpaired) electrons. The Hall–Kier alpha value is -1.28. The number of hydrogen-bond acceptors (Lipinski definition) is 4. The van der Waals surface area contributed by atoms with Gasteiger partial charge in [-0.2, -0.15) is 0 Å². The molecule has 0 aliphatic carbocycles. The van der Waals surface area contributed by atoms with Crippen molar-refractivity contribution in [3.8, 4) is 0 Å². The average Bonchev–Trinajstić information content (AvgIpc) is 2.85. The zero-order valence-corrected chi connectivity index (χ0v) is 12.6. The number of imidazole rings is 1. The maximum absolute atomic E-state index is 11.2. The summed E-state index contributed by atoms with van der Waals surface area (Å²) in [5, 5.41) is 11.2. The molecule has 106 valence electrons. The fraction of sp³-hybridized carbons (Fsp3) is 0.467. The fourth-order valence-electron chi connectivity index (χ4n) is 3.02. The summed E-state index contributed by atoms with van der Waals surface area (Å²) in [5.41, 5.74) is 1.60. The summed E-state index contributed by atoms with van der Waals surface area (Å²) in [7, 11) is 0. The second-order valence-electron chi connectivity index (χ2n) is 5.69. The van der Waals surface area contributed by atoms with Gasteiger partial charge in [-0.15, -0.1) is 0 Å². The van der Waals surface area contributed by atoms with Crippen LogP contribution >= 0.6 is 0 Å². The molecule has 3 rings (SSSR count). The first kappa shape index (κ1) is 16.1. The van der Waals surface area contributed by atoms with E-state index < -0.39 is 5.97 Å². The van der Waals surface area contributed by atoms with Crippen LogP contribution in [0.1, 0.15) is 35.7 Å². The van der Waals surface area contributed by atoms with Crippen LogP contribution in [0.2, 0.25) is 0 Å². The smallest absolute Gasteiger partial charge is 0.545 e. The van der Waals surface area contributed by atoms with Crippen LogP contribution in [0.3, 0.4) is 0 Å². The minimum Gasteiger partial charge on any atom is -0.545 e. The predicted octanol–water partition coefficient (Wildman–Crippen LogP) is -2.07. The monoisotopic (exact) mass is 279 g/mol. The predicted molar refractivity (Wildman–Crippen MR) is 73.2 cm³/mol. The van der Waals surface area contributed by atoms with Crippen molar-refractivity contribution in [2.75, 3.05) is 13.1 Å². The van der Waals surface area contributed by atoms with Crippen LogP contribution in [0.15, 0.2) is 24.7 Å². The van der Waals surface area contributed by atoms with E-state index in [9.17, 15) is 9.90 Å². The first-order chi connectivity index (χ1) is 9.63. The molecule has 2 aromatic rings. The molecule has 0 amide bonds. The second kappa shape index (κ2) is 6.65. The van der Waals surface area contributed by atoms with Gasteiger partial charge in [-0.3, -0.25) is 4.90 Å². The molecule has 1 atom stereocenters. The Bertz CT molecular complexity index is 641. The Labute approximate surface area is 136 Å². The van der Waals surface area contributed by atoms with E-state index in [1.807, 2.05) is 6.20 Å². The molecular weight excluding hydrogens is 261 g/mol. The van der Waals surface area contributed by atoms with Gasteiger partial charge in [0.05, 0.1) is 5.97 Å². The van der Waals surface area contributed by atoms with Crippen LogP contribution in [0, 0.1) is 5.92 Å². The maximum atomic E-state index is 11.2. The zero-order chi connectivity index (χ0) is 14.1. The van der Waals surface area contributed by atoms with Gasteiger partial charge < -0.3 is 14.3 Å². The van der Waals surface area contributed by atoms with E-state index in [4.69, 9.17) is 0 Å². The molecule has 2 aromatic heterocycles. The number of likely N-dealkylation sites (tertiary alicyclic amines) is 1. The van der Waals surface area contributed by atoms with Crippen molar-refractivity contribution in [2.45, 2.75) is 26.3 Å². The maximum Gasteiger partial charge on any atom is 1.00 e. The van der Waals surface area contributed by atoms with Gasteiger partial charge in [0.1, 0.15) is 5.65 Å². The Kier molecular flexibility index (Phi) is 5.10. The Morgan fingerprint density at radius 1 is 1.52 bits per heavy atom. The average molecular weight is 279 g/mol. The Balaban J connectivity index is 0.00000161. The van der Waals surface area contributed by atoms with Crippen LogP contribution in [0.25, 0.3) is 5.65 Å². The van der Waals surface area contributed by atoms with Gasteiger partial charge in [0.25, 0.3) is 0 Å². The molecule has 0 N–H and O–H groups in total. The number of rotatable bonds is 3. The molecule has 1 aliphatic rings. The Morgan fingerprint density at radius 2 is 2.33 bits per heavy atom. The van der Waals surface area contributed by atoms with E-state index in [2.05, 4.69) is 16.8 Å². The van der Waals surface area contributed by atoms with Crippen LogP contribution in [0.4, 0.5) is 0 Å². The number of carbonyl (C=O) groups excluding carboxylic acids is 1. The molecular formula is C15H18LiN3O2. The number of fused-ring (bicyclic) bond motifs is 1.